The van der Waals surface area contributed by atoms with Crippen molar-refractivity contribution in [3.63, 3.8) is 0 Å². The molecule has 3 nitrogen and oxygen atoms in total. The Morgan fingerprint density at radius 1 is 1.18 bits per heavy atom. The third-order valence-corrected chi connectivity index (χ3v) is 3.12. The molecule has 22 heavy (non-hydrogen) atoms. The van der Waals surface area contributed by atoms with Gasteiger partial charge in [0.1, 0.15) is 29.2 Å². The number of nitriles is 1. The number of hydrogen-bond donors (Lipinski definition) is 1. The topological polar surface area (TPSA) is 59.0 Å². The second kappa shape index (κ2) is 7.34. The number of benzene rings is 2. The second-order valence-electron chi connectivity index (χ2n) is 4.52. The minimum absolute atomic E-state index is 0.0686. The predicted octanol–water partition coefficient (Wildman–Crippen LogP) is 3.60. The minimum atomic E-state index is -0.272. The Kier molecular flexibility index (Phi) is 5.23. The van der Waals surface area contributed by atoms with Crippen LogP contribution in [0.1, 0.15) is 11.1 Å². The van der Waals surface area contributed by atoms with E-state index in [4.69, 9.17) is 28.0 Å². The lowest BCUT2D eigenvalue weighted by Crippen LogP contribution is -2.09. The smallest absolute Gasteiger partial charge is 0.123 e. The highest BCUT2D eigenvalue weighted by atomic mass is 32.1. The van der Waals surface area contributed by atoms with Crippen LogP contribution in [0.2, 0.25) is 0 Å². The SMILES string of the molecule is N#C/C(=C\c1ccc(OCc2ccc(F)cc2)cc1)C(N)=S. The summed E-state index contributed by atoms with van der Waals surface area (Å²) in [5.74, 6) is 0.404. The van der Waals surface area contributed by atoms with Crippen molar-refractivity contribution in [1.82, 2.24) is 0 Å². The number of halogens is 1. The summed E-state index contributed by atoms with van der Waals surface area (Å²) in [5.41, 5.74) is 7.38. The van der Waals surface area contributed by atoms with E-state index in [0.717, 1.165) is 11.1 Å². The van der Waals surface area contributed by atoms with Gasteiger partial charge in [-0.05, 0) is 41.5 Å². The van der Waals surface area contributed by atoms with E-state index >= 15 is 0 Å². The Bertz CT molecular complexity index is 731. The number of nitrogens with zero attached hydrogens (tertiary/aromatic N) is 1. The van der Waals surface area contributed by atoms with Gasteiger partial charge < -0.3 is 10.5 Å². The number of thiocarbonyl (C=S) groups is 1. The zero-order chi connectivity index (χ0) is 15.9. The highest BCUT2D eigenvalue weighted by Crippen LogP contribution is 2.16. The van der Waals surface area contributed by atoms with Crippen molar-refractivity contribution < 1.29 is 9.13 Å². The van der Waals surface area contributed by atoms with Crippen LogP contribution in [-0.2, 0) is 6.61 Å². The van der Waals surface area contributed by atoms with Crippen LogP contribution in [0.3, 0.4) is 0 Å². The first-order chi connectivity index (χ1) is 10.6. The van der Waals surface area contributed by atoms with E-state index in [9.17, 15) is 4.39 Å². The number of hydrogen-bond acceptors (Lipinski definition) is 3. The van der Waals surface area contributed by atoms with Gasteiger partial charge in [0, 0.05) is 0 Å². The van der Waals surface area contributed by atoms with Gasteiger partial charge in [0.2, 0.25) is 0 Å². The molecule has 0 bridgehead atoms. The number of rotatable bonds is 5. The molecule has 0 heterocycles. The van der Waals surface area contributed by atoms with Gasteiger partial charge in [-0.25, -0.2) is 4.39 Å². The summed E-state index contributed by atoms with van der Waals surface area (Å²) >= 11 is 4.78. The van der Waals surface area contributed by atoms with Gasteiger partial charge in [0.15, 0.2) is 0 Å². The zero-order valence-electron chi connectivity index (χ0n) is 11.6. The maximum Gasteiger partial charge on any atom is 0.123 e. The van der Waals surface area contributed by atoms with E-state index in [1.165, 1.54) is 12.1 Å². The van der Waals surface area contributed by atoms with E-state index in [2.05, 4.69) is 0 Å². The molecule has 5 heteroatoms. The molecule has 0 aliphatic rings. The first kappa shape index (κ1) is 15.7. The van der Waals surface area contributed by atoms with Gasteiger partial charge in [-0.1, -0.05) is 36.5 Å². The molecular formula is C17H13FN2OS. The second-order valence-corrected chi connectivity index (χ2v) is 4.96. The van der Waals surface area contributed by atoms with Crippen LogP contribution < -0.4 is 10.5 Å². The maximum absolute atomic E-state index is 12.8. The van der Waals surface area contributed by atoms with Crippen molar-refractivity contribution in [1.29, 1.82) is 5.26 Å². The fourth-order valence-corrected chi connectivity index (χ4v) is 1.84. The molecule has 0 radical (unpaired) electrons. The normalized spacial score (nSPS) is 10.8. The monoisotopic (exact) mass is 312 g/mol. The van der Waals surface area contributed by atoms with Crippen LogP contribution >= 0.6 is 12.2 Å². The summed E-state index contributed by atoms with van der Waals surface area (Å²) in [6.45, 7) is 0.353. The molecule has 2 N–H and O–H groups in total. The average molecular weight is 312 g/mol. The lowest BCUT2D eigenvalue weighted by Gasteiger charge is -2.06. The first-order valence-electron chi connectivity index (χ1n) is 6.47. The number of ether oxygens (including phenoxy) is 1. The van der Waals surface area contributed by atoms with E-state index in [1.807, 2.05) is 6.07 Å². The van der Waals surface area contributed by atoms with Crippen molar-refractivity contribution >= 4 is 23.3 Å². The molecule has 110 valence electrons. The summed E-state index contributed by atoms with van der Waals surface area (Å²) in [4.78, 5) is 0.0686. The van der Waals surface area contributed by atoms with Gasteiger partial charge in [0.25, 0.3) is 0 Å². The van der Waals surface area contributed by atoms with Gasteiger partial charge >= 0.3 is 0 Å². The fourth-order valence-electron chi connectivity index (χ4n) is 1.73. The van der Waals surface area contributed by atoms with Crippen molar-refractivity contribution in [2.24, 2.45) is 5.73 Å². The third kappa shape index (κ3) is 4.40. The quantitative estimate of drug-likeness (QED) is 0.520. The molecule has 0 atom stereocenters. The lowest BCUT2D eigenvalue weighted by molar-refractivity contribution is 0.306. The molecule has 0 spiro atoms. The van der Waals surface area contributed by atoms with Crippen molar-refractivity contribution in [2.45, 2.75) is 6.61 Å². The molecular weight excluding hydrogens is 299 g/mol. The largest absolute Gasteiger partial charge is 0.489 e. The Labute approximate surface area is 133 Å². The summed E-state index contributed by atoms with van der Waals surface area (Å²) < 4.78 is 18.4. The highest BCUT2D eigenvalue weighted by molar-refractivity contribution is 7.80. The van der Waals surface area contributed by atoms with Gasteiger partial charge in [0.05, 0.1) is 5.57 Å². The van der Waals surface area contributed by atoms with Gasteiger partial charge in [-0.15, -0.1) is 0 Å². The van der Waals surface area contributed by atoms with Crippen LogP contribution in [0, 0.1) is 17.1 Å². The van der Waals surface area contributed by atoms with E-state index in [1.54, 1.807) is 42.5 Å². The van der Waals surface area contributed by atoms with Crippen LogP contribution in [0.25, 0.3) is 6.08 Å². The third-order valence-electron chi connectivity index (χ3n) is 2.90. The molecule has 0 fully saturated rings. The van der Waals surface area contributed by atoms with Crippen molar-refractivity contribution in [3.05, 3.63) is 71.0 Å². The van der Waals surface area contributed by atoms with E-state index < -0.39 is 0 Å². The van der Waals surface area contributed by atoms with Gasteiger partial charge in [-0.3, -0.25) is 0 Å². The van der Waals surface area contributed by atoms with Gasteiger partial charge in [-0.2, -0.15) is 5.26 Å². The first-order valence-corrected chi connectivity index (χ1v) is 6.88. The molecule has 2 rings (SSSR count). The summed E-state index contributed by atoms with van der Waals surface area (Å²) in [5, 5.41) is 8.90. The summed E-state index contributed by atoms with van der Waals surface area (Å²) in [7, 11) is 0. The molecule has 0 aromatic heterocycles. The Hall–Kier alpha value is -2.71. The zero-order valence-corrected chi connectivity index (χ0v) is 12.4. The standard InChI is InChI=1S/C17H13FN2OS/c18-15-5-1-13(2-6-15)11-21-16-7-3-12(4-8-16)9-14(10-19)17(20)22/h1-9H,11H2,(H2,20,22)/b14-9+. The minimum Gasteiger partial charge on any atom is -0.489 e. The van der Waals surface area contributed by atoms with Crippen molar-refractivity contribution in [2.75, 3.05) is 0 Å². The lowest BCUT2D eigenvalue weighted by atomic mass is 10.1. The number of nitrogens with two attached hydrogens (primary N) is 1. The Morgan fingerprint density at radius 2 is 1.82 bits per heavy atom. The van der Waals surface area contributed by atoms with E-state index in [-0.39, 0.29) is 16.4 Å². The molecule has 0 saturated carbocycles. The predicted molar refractivity (Wildman–Crippen MR) is 87.5 cm³/mol. The Morgan fingerprint density at radius 3 is 2.36 bits per heavy atom. The molecule has 2 aromatic rings. The summed E-state index contributed by atoms with van der Waals surface area (Å²) in [6.07, 6.45) is 1.62. The van der Waals surface area contributed by atoms with Crippen LogP contribution in [0.5, 0.6) is 5.75 Å². The molecule has 0 aliphatic carbocycles. The average Bonchev–Trinajstić information content (AvgIpc) is 2.53. The van der Waals surface area contributed by atoms with E-state index in [0.29, 0.717) is 12.4 Å². The molecule has 0 aliphatic heterocycles. The summed E-state index contributed by atoms with van der Waals surface area (Å²) in [6, 6.07) is 15.3. The van der Waals surface area contributed by atoms with Crippen LogP contribution in [-0.4, -0.2) is 4.99 Å². The highest BCUT2D eigenvalue weighted by Gasteiger charge is 2.01. The maximum atomic E-state index is 12.8. The van der Waals surface area contributed by atoms with Crippen molar-refractivity contribution in [3.8, 4) is 11.8 Å². The fraction of sp³-hybridized carbons (Fsp3) is 0.0588. The van der Waals surface area contributed by atoms with Crippen LogP contribution in [0.4, 0.5) is 4.39 Å². The molecule has 0 saturated heterocycles. The van der Waals surface area contributed by atoms with Crippen LogP contribution in [0.15, 0.2) is 54.1 Å². The molecule has 0 unspecified atom stereocenters. The Balaban J connectivity index is 2.02. The molecule has 0 amide bonds. The molecule has 2 aromatic carbocycles.